The zero-order valence-electron chi connectivity index (χ0n) is 10.1. The Morgan fingerprint density at radius 2 is 2.06 bits per heavy atom. The molecule has 2 aliphatic rings. The molecule has 93 valence electrons. The van der Waals surface area contributed by atoms with E-state index in [2.05, 4.69) is 24.3 Å². The van der Waals surface area contributed by atoms with Gasteiger partial charge in [0, 0.05) is 16.8 Å². The fourth-order valence-electron chi connectivity index (χ4n) is 2.17. The van der Waals surface area contributed by atoms with Crippen molar-refractivity contribution in [2.45, 2.75) is 39.0 Å². The van der Waals surface area contributed by atoms with Gasteiger partial charge in [-0.15, -0.1) is 11.6 Å². The van der Waals surface area contributed by atoms with E-state index in [4.69, 9.17) is 0 Å². The van der Waals surface area contributed by atoms with Gasteiger partial charge in [-0.2, -0.15) is 11.6 Å². The molecule has 17 heavy (non-hydrogen) atoms. The van der Waals surface area contributed by atoms with Crippen molar-refractivity contribution >= 4 is 5.78 Å². The maximum atomic E-state index is 11.5. The molecule has 1 radical (unpaired) electrons. The summed E-state index contributed by atoms with van der Waals surface area (Å²) >= 11 is 0. The number of carbonyl (C=O) groups excluding carboxylic acids is 1. The number of rotatable bonds is 2. The molecule has 0 unspecified atom stereocenters. The summed E-state index contributed by atoms with van der Waals surface area (Å²) in [6, 6.07) is 0. The van der Waals surface area contributed by atoms with E-state index in [9.17, 15) is 4.79 Å². The molecule has 0 amide bonds. The van der Waals surface area contributed by atoms with E-state index < -0.39 is 0 Å². The molecule has 0 aliphatic heterocycles. The van der Waals surface area contributed by atoms with Gasteiger partial charge < -0.3 is 0 Å². The zero-order valence-corrected chi connectivity index (χ0v) is 11.1. The molecule has 2 aliphatic carbocycles. The minimum absolute atomic E-state index is 0. The van der Waals surface area contributed by atoms with Crippen molar-refractivity contribution in [1.29, 1.82) is 0 Å². The second kappa shape index (κ2) is 6.77. The standard InChI is InChI=1S/C15H17O.Co/c1-12(16)14-10-7-11-15(14)13-8-5-3-2-4-6-9-13;/h5,7-8,10H,2-4,6,11H2,1H3;/q-1;. The van der Waals surface area contributed by atoms with E-state index in [1.807, 2.05) is 6.08 Å². The molecule has 0 aromatic heterocycles. The van der Waals surface area contributed by atoms with Gasteiger partial charge in [0.1, 0.15) is 5.78 Å². The van der Waals surface area contributed by atoms with Crippen molar-refractivity contribution < 1.29 is 21.6 Å². The molecule has 0 atom stereocenters. The van der Waals surface area contributed by atoms with Crippen LogP contribution in [-0.4, -0.2) is 5.78 Å². The first-order chi connectivity index (χ1) is 7.79. The minimum Gasteiger partial charge on any atom is -0.296 e. The summed E-state index contributed by atoms with van der Waals surface area (Å²) in [6.07, 6.45) is 17.2. The van der Waals surface area contributed by atoms with Crippen LogP contribution in [0.1, 0.15) is 39.0 Å². The average Bonchev–Trinajstić information content (AvgIpc) is 2.65. The number of allylic oxidation sites excluding steroid dienone is 8. The van der Waals surface area contributed by atoms with Crippen molar-refractivity contribution in [3.05, 3.63) is 47.1 Å². The molecule has 2 rings (SSSR count). The quantitative estimate of drug-likeness (QED) is 0.701. The summed E-state index contributed by atoms with van der Waals surface area (Å²) in [5, 5.41) is 0. The Balaban J connectivity index is 0.00000144. The van der Waals surface area contributed by atoms with Crippen molar-refractivity contribution in [3.8, 4) is 0 Å². The third kappa shape index (κ3) is 3.55. The Morgan fingerprint density at radius 1 is 1.24 bits per heavy atom. The van der Waals surface area contributed by atoms with Gasteiger partial charge in [-0.1, -0.05) is 37.8 Å². The summed E-state index contributed by atoms with van der Waals surface area (Å²) in [4.78, 5) is 11.5. The fourth-order valence-corrected chi connectivity index (χ4v) is 2.17. The van der Waals surface area contributed by atoms with Crippen molar-refractivity contribution in [3.63, 3.8) is 0 Å². The Labute approximate surface area is 114 Å². The number of ketones is 1. The van der Waals surface area contributed by atoms with Crippen LogP contribution >= 0.6 is 0 Å². The minimum atomic E-state index is 0. The van der Waals surface area contributed by atoms with Gasteiger partial charge in [0.25, 0.3) is 0 Å². The van der Waals surface area contributed by atoms with Crippen LogP contribution in [0.2, 0.25) is 0 Å². The third-order valence-electron chi connectivity index (χ3n) is 3.03. The predicted molar refractivity (Wildman–Crippen MR) is 65.8 cm³/mol. The van der Waals surface area contributed by atoms with Crippen LogP contribution < -0.4 is 0 Å². The molecule has 0 saturated carbocycles. The van der Waals surface area contributed by atoms with E-state index in [0.29, 0.717) is 0 Å². The second-order valence-electron chi connectivity index (χ2n) is 4.29. The van der Waals surface area contributed by atoms with E-state index in [-0.39, 0.29) is 22.6 Å². The first kappa shape index (κ1) is 14.2. The summed E-state index contributed by atoms with van der Waals surface area (Å²) in [5.41, 5.74) is 3.16. The van der Waals surface area contributed by atoms with Crippen LogP contribution in [-0.2, 0) is 21.6 Å². The molecule has 0 saturated heterocycles. The maximum Gasteiger partial charge on any atom is 0.148 e. The number of Topliss-reactive ketones (excluding diaryl/α,β-unsaturated/α-hetero) is 1. The molecular weight excluding hydrogens is 255 g/mol. The molecule has 0 spiro atoms. The zero-order chi connectivity index (χ0) is 11.4. The Morgan fingerprint density at radius 3 is 2.82 bits per heavy atom. The molecular formula is C15H17CoO-. The normalized spacial score (nSPS) is 19.5. The molecule has 0 aromatic rings. The molecule has 0 bridgehead atoms. The average molecular weight is 272 g/mol. The van der Waals surface area contributed by atoms with Crippen LogP contribution in [0.15, 0.2) is 41.0 Å². The van der Waals surface area contributed by atoms with Gasteiger partial charge in [0.15, 0.2) is 0 Å². The summed E-state index contributed by atoms with van der Waals surface area (Å²) in [7, 11) is 0. The van der Waals surface area contributed by atoms with Crippen LogP contribution in [0.4, 0.5) is 0 Å². The van der Waals surface area contributed by atoms with E-state index in [1.165, 1.54) is 12.8 Å². The Kier molecular flexibility index (Phi) is 5.66. The van der Waals surface area contributed by atoms with Crippen LogP contribution in [0.3, 0.4) is 0 Å². The first-order valence-corrected chi connectivity index (χ1v) is 5.97. The number of hydrogen-bond acceptors (Lipinski definition) is 1. The summed E-state index contributed by atoms with van der Waals surface area (Å²) < 4.78 is 0. The van der Waals surface area contributed by atoms with Crippen LogP contribution in [0.5, 0.6) is 0 Å². The number of hydrogen-bond donors (Lipinski definition) is 0. The van der Waals surface area contributed by atoms with Gasteiger partial charge in [0.05, 0.1) is 0 Å². The van der Waals surface area contributed by atoms with Gasteiger partial charge in [-0.3, -0.25) is 4.79 Å². The number of carbonyl (C=O) groups is 1. The van der Waals surface area contributed by atoms with Gasteiger partial charge in [0.2, 0.25) is 0 Å². The fraction of sp³-hybridized carbons (Fsp3) is 0.400. The molecule has 0 heterocycles. The predicted octanol–water partition coefficient (Wildman–Crippen LogP) is 3.69. The van der Waals surface area contributed by atoms with E-state index in [0.717, 1.165) is 36.0 Å². The maximum absolute atomic E-state index is 11.5. The Hall–Kier alpha value is -0.864. The van der Waals surface area contributed by atoms with Crippen LogP contribution in [0, 0.1) is 6.08 Å². The van der Waals surface area contributed by atoms with Crippen LogP contribution in [0.25, 0.3) is 0 Å². The van der Waals surface area contributed by atoms with Crippen molar-refractivity contribution in [2.24, 2.45) is 0 Å². The second-order valence-corrected chi connectivity index (χ2v) is 4.29. The molecule has 2 heteroatoms. The van der Waals surface area contributed by atoms with E-state index >= 15 is 0 Å². The third-order valence-corrected chi connectivity index (χ3v) is 3.03. The largest absolute Gasteiger partial charge is 0.296 e. The molecule has 1 nitrogen and oxygen atoms in total. The van der Waals surface area contributed by atoms with E-state index in [1.54, 1.807) is 6.92 Å². The topological polar surface area (TPSA) is 17.1 Å². The van der Waals surface area contributed by atoms with Gasteiger partial charge >= 0.3 is 0 Å². The monoisotopic (exact) mass is 272 g/mol. The summed E-state index contributed by atoms with van der Waals surface area (Å²) in [5.74, 6) is 0.161. The SMILES string of the molecule is CC(=O)C1=C(C2=[C-]CCCCC=C2)CC=C1.[Co]. The first-order valence-electron chi connectivity index (χ1n) is 5.97. The van der Waals surface area contributed by atoms with Gasteiger partial charge in [-0.25, -0.2) is 6.08 Å². The molecule has 0 N–H and O–H groups in total. The molecule has 0 fully saturated rings. The Bertz CT molecular complexity index is 411. The van der Waals surface area contributed by atoms with Crippen molar-refractivity contribution in [2.75, 3.05) is 0 Å². The summed E-state index contributed by atoms with van der Waals surface area (Å²) in [6.45, 7) is 1.64. The van der Waals surface area contributed by atoms with Crippen molar-refractivity contribution in [1.82, 2.24) is 0 Å². The smallest absolute Gasteiger partial charge is 0.148 e. The molecule has 0 aromatic carbocycles. The van der Waals surface area contributed by atoms with Gasteiger partial charge in [-0.05, 0) is 18.9 Å².